The summed E-state index contributed by atoms with van der Waals surface area (Å²) < 4.78 is 5.42. The van der Waals surface area contributed by atoms with Gasteiger partial charge in [-0.1, -0.05) is 83.9 Å². The van der Waals surface area contributed by atoms with Crippen LogP contribution in [0.1, 0.15) is 22.7 Å². The second-order valence-electron chi connectivity index (χ2n) is 7.02. The Bertz CT molecular complexity index is 1230. The number of alkyl carbamates (subject to hydrolysis) is 1. The lowest BCUT2D eigenvalue weighted by atomic mass is 9.92. The van der Waals surface area contributed by atoms with Crippen LogP contribution in [0.15, 0.2) is 84.9 Å². The fourth-order valence-corrected chi connectivity index (χ4v) is 3.92. The number of fused-ring (bicyclic) bond motifs is 1. The number of carbonyl (C=O) groups excluding carboxylic acids is 1. The van der Waals surface area contributed by atoms with Gasteiger partial charge in [0.2, 0.25) is 0 Å². The summed E-state index contributed by atoms with van der Waals surface area (Å²) in [6.07, 6.45) is -0.641. The maximum absolute atomic E-state index is 12.7. The highest BCUT2D eigenvalue weighted by Crippen LogP contribution is 2.39. The van der Waals surface area contributed by atoms with E-state index in [9.17, 15) is 9.90 Å². The fourth-order valence-electron chi connectivity index (χ4n) is 3.51. The van der Waals surface area contributed by atoms with E-state index in [1.807, 2.05) is 60.7 Å². The molecule has 1 amide bonds. The zero-order valence-electron chi connectivity index (χ0n) is 16.4. The van der Waals surface area contributed by atoms with E-state index in [4.69, 9.17) is 27.9 Å². The van der Waals surface area contributed by atoms with Crippen molar-refractivity contribution in [2.75, 3.05) is 0 Å². The highest BCUT2D eigenvalue weighted by Gasteiger charge is 2.25. The van der Waals surface area contributed by atoms with Crippen molar-refractivity contribution in [1.29, 1.82) is 0 Å². The molecule has 0 aliphatic rings. The molecule has 0 saturated heterocycles. The van der Waals surface area contributed by atoms with Crippen molar-refractivity contribution in [3.8, 4) is 5.75 Å². The van der Waals surface area contributed by atoms with Gasteiger partial charge in [-0.15, -0.1) is 0 Å². The summed E-state index contributed by atoms with van der Waals surface area (Å²) in [4.78, 5) is 12.7. The predicted octanol–water partition coefficient (Wildman–Crippen LogP) is 6.87. The van der Waals surface area contributed by atoms with Gasteiger partial charge in [0.1, 0.15) is 12.4 Å². The van der Waals surface area contributed by atoms with E-state index in [0.29, 0.717) is 21.2 Å². The van der Waals surface area contributed by atoms with Crippen LogP contribution in [0.25, 0.3) is 10.8 Å². The molecule has 0 bridgehead atoms. The molecule has 4 rings (SSSR count). The molecule has 2 N–H and O–H groups in total. The Morgan fingerprint density at radius 2 is 1.68 bits per heavy atom. The topological polar surface area (TPSA) is 58.6 Å². The highest BCUT2D eigenvalue weighted by atomic mass is 35.5. The van der Waals surface area contributed by atoms with Crippen LogP contribution in [0, 0.1) is 0 Å². The molecule has 0 spiro atoms. The second kappa shape index (κ2) is 9.29. The molecule has 1 unspecified atom stereocenters. The first-order chi connectivity index (χ1) is 15.0. The Morgan fingerprint density at radius 1 is 0.935 bits per heavy atom. The first kappa shape index (κ1) is 21.0. The number of rotatable bonds is 5. The van der Waals surface area contributed by atoms with Gasteiger partial charge in [0, 0.05) is 15.6 Å². The number of benzene rings is 4. The highest BCUT2D eigenvalue weighted by molar-refractivity contribution is 6.33. The average molecular weight is 452 g/mol. The maximum atomic E-state index is 12.7. The van der Waals surface area contributed by atoms with E-state index < -0.39 is 12.1 Å². The standard InChI is InChI=1S/C25H19Cl2NO3/c26-18-11-12-21(27)20(14-18)24(28-25(30)31-15-16-6-2-1-3-7-16)23-19-9-5-4-8-17(19)10-13-22(23)29/h1-14,24,29H,15H2,(H,28,30). The zero-order chi connectivity index (χ0) is 21.8. The van der Waals surface area contributed by atoms with Crippen molar-refractivity contribution in [3.63, 3.8) is 0 Å². The molecule has 0 aliphatic heterocycles. The number of phenols is 1. The SMILES string of the molecule is O=C(NC(c1cc(Cl)ccc1Cl)c1c(O)ccc2ccccc12)OCc1ccccc1. The average Bonchev–Trinajstić information content (AvgIpc) is 2.79. The summed E-state index contributed by atoms with van der Waals surface area (Å²) in [5.74, 6) is 0.0306. The molecule has 0 fully saturated rings. The molecule has 0 heterocycles. The molecule has 4 nitrogen and oxygen atoms in total. The zero-order valence-corrected chi connectivity index (χ0v) is 17.9. The molecule has 156 valence electrons. The number of phenolic OH excluding ortho intramolecular Hbond substituents is 1. The normalized spacial score (nSPS) is 11.8. The molecule has 0 saturated carbocycles. The quantitative estimate of drug-likeness (QED) is 0.348. The molecule has 4 aromatic rings. The molecule has 0 radical (unpaired) electrons. The molecular weight excluding hydrogens is 433 g/mol. The Balaban J connectivity index is 1.74. The molecule has 1 atom stereocenters. The summed E-state index contributed by atoms with van der Waals surface area (Å²) in [6.45, 7) is 0.115. The first-order valence-corrected chi connectivity index (χ1v) is 10.4. The second-order valence-corrected chi connectivity index (χ2v) is 7.87. The molecule has 4 aromatic carbocycles. The van der Waals surface area contributed by atoms with Crippen LogP contribution in [0.5, 0.6) is 5.75 Å². The van der Waals surface area contributed by atoms with E-state index in [1.54, 1.807) is 24.3 Å². The molecule has 31 heavy (non-hydrogen) atoms. The van der Waals surface area contributed by atoms with Gasteiger partial charge in [-0.05, 0) is 46.2 Å². The third-order valence-corrected chi connectivity index (χ3v) is 5.56. The van der Waals surface area contributed by atoms with E-state index in [1.165, 1.54) is 0 Å². The Hall–Kier alpha value is -3.21. The minimum absolute atomic E-state index is 0.0306. The number of aromatic hydroxyl groups is 1. The van der Waals surface area contributed by atoms with Gasteiger partial charge in [0.15, 0.2) is 0 Å². The number of ether oxygens (including phenoxy) is 1. The summed E-state index contributed by atoms with van der Waals surface area (Å²) >= 11 is 12.7. The molecule has 0 aromatic heterocycles. The minimum atomic E-state index is -0.777. The van der Waals surface area contributed by atoms with E-state index >= 15 is 0 Å². The van der Waals surface area contributed by atoms with E-state index in [2.05, 4.69) is 5.32 Å². The Morgan fingerprint density at radius 3 is 2.48 bits per heavy atom. The van der Waals surface area contributed by atoms with Crippen LogP contribution in [0.3, 0.4) is 0 Å². The van der Waals surface area contributed by atoms with Crippen LogP contribution in [0.4, 0.5) is 4.79 Å². The van der Waals surface area contributed by atoms with E-state index in [0.717, 1.165) is 16.3 Å². The lowest BCUT2D eigenvalue weighted by molar-refractivity contribution is 0.137. The van der Waals surface area contributed by atoms with Gasteiger partial charge in [0.05, 0.1) is 6.04 Å². The number of amides is 1. The minimum Gasteiger partial charge on any atom is -0.508 e. The lowest BCUT2D eigenvalue weighted by Crippen LogP contribution is -2.30. The molecule has 6 heteroatoms. The summed E-state index contributed by atoms with van der Waals surface area (Å²) in [6, 6.07) is 24.6. The number of nitrogens with one attached hydrogen (secondary N) is 1. The van der Waals surface area contributed by atoms with Crippen LogP contribution in [-0.4, -0.2) is 11.2 Å². The third-order valence-electron chi connectivity index (χ3n) is 4.98. The van der Waals surface area contributed by atoms with Gasteiger partial charge in [0.25, 0.3) is 0 Å². The Kier molecular flexibility index (Phi) is 6.31. The summed E-state index contributed by atoms with van der Waals surface area (Å²) in [5.41, 5.74) is 1.93. The van der Waals surface area contributed by atoms with Crippen molar-refractivity contribution < 1.29 is 14.6 Å². The van der Waals surface area contributed by atoms with Crippen molar-refractivity contribution in [1.82, 2.24) is 5.32 Å². The van der Waals surface area contributed by atoms with Gasteiger partial charge >= 0.3 is 6.09 Å². The largest absolute Gasteiger partial charge is 0.508 e. The van der Waals surface area contributed by atoms with Crippen LogP contribution in [-0.2, 0) is 11.3 Å². The van der Waals surface area contributed by atoms with Crippen molar-refractivity contribution in [2.24, 2.45) is 0 Å². The number of carbonyl (C=O) groups is 1. The fraction of sp³-hybridized carbons (Fsp3) is 0.0800. The van der Waals surface area contributed by atoms with Crippen molar-refractivity contribution >= 4 is 40.1 Å². The maximum Gasteiger partial charge on any atom is 0.408 e. The van der Waals surface area contributed by atoms with Crippen molar-refractivity contribution in [3.05, 3.63) is 112 Å². The lowest BCUT2D eigenvalue weighted by Gasteiger charge is -2.23. The predicted molar refractivity (Wildman–Crippen MR) is 124 cm³/mol. The van der Waals surface area contributed by atoms with Crippen LogP contribution in [0.2, 0.25) is 10.0 Å². The van der Waals surface area contributed by atoms with Gasteiger partial charge in [-0.3, -0.25) is 0 Å². The monoisotopic (exact) mass is 451 g/mol. The van der Waals surface area contributed by atoms with E-state index in [-0.39, 0.29) is 12.4 Å². The number of hydrogen-bond donors (Lipinski definition) is 2. The van der Waals surface area contributed by atoms with Gasteiger partial charge < -0.3 is 15.2 Å². The molecular formula is C25H19Cl2NO3. The first-order valence-electron chi connectivity index (χ1n) is 9.65. The van der Waals surface area contributed by atoms with Crippen LogP contribution < -0.4 is 5.32 Å². The summed E-state index contributed by atoms with van der Waals surface area (Å²) in [7, 11) is 0. The third kappa shape index (κ3) is 4.76. The van der Waals surface area contributed by atoms with Gasteiger partial charge in [-0.2, -0.15) is 0 Å². The smallest absolute Gasteiger partial charge is 0.408 e. The van der Waals surface area contributed by atoms with Crippen LogP contribution >= 0.6 is 23.2 Å². The van der Waals surface area contributed by atoms with Crippen molar-refractivity contribution in [2.45, 2.75) is 12.6 Å². The number of halogens is 2. The molecule has 0 aliphatic carbocycles. The Labute approximate surface area is 190 Å². The number of hydrogen-bond acceptors (Lipinski definition) is 3. The van der Waals surface area contributed by atoms with Gasteiger partial charge in [-0.25, -0.2) is 4.79 Å². The summed E-state index contributed by atoms with van der Waals surface area (Å²) in [5, 5.41) is 16.2.